The van der Waals surface area contributed by atoms with Crippen molar-refractivity contribution >= 4 is 22.0 Å². The second-order valence-corrected chi connectivity index (χ2v) is 7.38. The molecule has 5 heteroatoms. The predicted molar refractivity (Wildman–Crippen MR) is 86.2 cm³/mol. The highest BCUT2D eigenvalue weighted by Crippen LogP contribution is 2.23. The second-order valence-electron chi connectivity index (χ2n) is 6.57. The normalized spacial score (nSPS) is 16.9. The van der Waals surface area contributed by atoms with E-state index in [1.165, 1.54) is 0 Å². The van der Waals surface area contributed by atoms with Crippen LogP contribution in [0.15, 0.2) is 22.8 Å². The molecule has 1 aliphatic heterocycles. The number of carbonyl (C=O) groups is 1. The van der Waals surface area contributed by atoms with Gasteiger partial charge in [-0.15, -0.1) is 0 Å². The van der Waals surface area contributed by atoms with E-state index in [0.717, 1.165) is 42.6 Å². The molecular weight excluding hydrogens is 332 g/mol. The van der Waals surface area contributed by atoms with Crippen molar-refractivity contribution in [2.24, 2.45) is 5.92 Å². The first-order chi connectivity index (χ1) is 9.83. The standard InChI is InChI=1S/C16H23BrN2O2/c1-16(2,3)21-15(20)19-9-7-12(8-10-19)11-13-5-4-6-14(17)18-13/h4-6,12H,7-11H2,1-3H3. The molecule has 21 heavy (non-hydrogen) atoms. The van der Waals surface area contributed by atoms with Crippen molar-refractivity contribution in [1.29, 1.82) is 0 Å². The van der Waals surface area contributed by atoms with Crippen molar-refractivity contribution in [2.75, 3.05) is 13.1 Å². The minimum atomic E-state index is -0.422. The van der Waals surface area contributed by atoms with Gasteiger partial charge in [0, 0.05) is 18.8 Å². The fourth-order valence-electron chi connectivity index (χ4n) is 2.51. The topological polar surface area (TPSA) is 42.4 Å². The Hall–Kier alpha value is -1.10. The molecule has 0 atom stereocenters. The zero-order valence-corrected chi connectivity index (χ0v) is 14.5. The molecule has 0 aliphatic carbocycles. The number of hydrogen-bond acceptors (Lipinski definition) is 3. The van der Waals surface area contributed by atoms with Crippen molar-refractivity contribution in [3.63, 3.8) is 0 Å². The van der Waals surface area contributed by atoms with E-state index in [1.54, 1.807) is 0 Å². The Morgan fingerprint density at radius 2 is 2.05 bits per heavy atom. The van der Waals surface area contributed by atoms with Crippen LogP contribution < -0.4 is 0 Å². The zero-order valence-electron chi connectivity index (χ0n) is 12.9. The van der Waals surface area contributed by atoms with Crippen LogP contribution in [0.1, 0.15) is 39.3 Å². The summed E-state index contributed by atoms with van der Waals surface area (Å²) in [6.07, 6.45) is 2.80. The third kappa shape index (κ3) is 5.30. The number of ether oxygens (including phenoxy) is 1. The van der Waals surface area contributed by atoms with Crippen molar-refractivity contribution < 1.29 is 9.53 Å². The Morgan fingerprint density at radius 3 is 2.62 bits per heavy atom. The lowest BCUT2D eigenvalue weighted by atomic mass is 9.92. The molecule has 1 fully saturated rings. The summed E-state index contributed by atoms with van der Waals surface area (Å²) < 4.78 is 6.30. The van der Waals surface area contributed by atoms with Crippen molar-refractivity contribution in [3.8, 4) is 0 Å². The monoisotopic (exact) mass is 354 g/mol. The van der Waals surface area contributed by atoms with Gasteiger partial charge in [-0.1, -0.05) is 6.07 Å². The maximum Gasteiger partial charge on any atom is 0.410 e. The summed E-state index contributed by atoms with van der Waals surface area (Å²) in [4.78, 5) is 18.3. The van der Waals surface area contributed by atoms with Crippen LogP contribution in [0.25, 0.3) is 0 Å². The van der Waals surface area contributed by atoms with Gasteiger partial charge in [-0.05, 0) is 74.0 Å². The molecule has 1 aromatic rings. The SMILES string of the molecule is CC(C)(C)OC(=O)N1CCC(Cc2cccc(Br)n2)CC1. The number of carbonyl (C=O) groups excluding carboxylic acids is 1. The van der Waals surface area contributed by atoms with Gasteiger partial charge >= 0.3 is 6.09 Å². The van der Waals surface area contributed by atoms with Crippen LogP contribution in [0.5, 0.6) is 0 Å². The number of likely N-dealkylation sites (tertiary alicyclic amines) is 1. The summed E-state index contributed by atoms with van der Waals surface area (Å²) in [7, 11) is 0. The Balaban J connectivity index is 1.82. The molecular formula is C16H23BrN2O2. The molecule has 2 rings (SSSR count). The Labute approximate surface area is 135 Å². The summed E-state index contributed by atoms with van der Waals surface area (Å²) in [5.74, 6) is 0.588. The summed E-state index contributed by atoms with van der Waals surface area (Å²) in [6.45, 7) is 7.24. The number of rotatable bonds is 2. The van der Waals surface area contributed by atoms with Crippen LogP contribution in [-0.4, -0.2) is 34.7 Å². The average Bonchev–Trinajstić information content (AvgIpc) is 2.37. The Bertz CT molecular complexity index is 491. The third-order valence-electron chi connectivity index (χ3n) is 3.54. The Morgan fingerprint density at radius 1 is 1.38 bits per heavy atom. The van der Waals surface area contributed by atoms with E-state index in [2.05, 4.69) is 27.0 Å². The van der Waals surface area contributed by atoms with E-state index in [4.69, 9.17) is 4.74 Å². The number of amides is 1. The fraction of sp³-hybridized carbons (Fsp3) is 0.625. The van der Waals surface area contributed by atoms with Crippen LogP contribution in [0.3, 0.4) is 0 Å². The largest absolute Gasteiger partial charge is 0.444 e. The first-order valence-electron chi connectivity index (χ1n) is 7.43. The van der Waals surface area contributed by atoms with Crippen LogP contribution >= 0.6 is 15.9 Å². The van der Waals surface area contributed by atoms with E-state index in [0.29, 0.717) is 5.92 Å². The number of hydrogen-bond donors (Lipinski definition) is 0. The van der Waals surface area contributed by atoms with Gasteiger partial charge in [0.15, 0.2) is 0 Å². The average molecular weight is 355 g/mol. The van der Waals surface area contributed by atoms with Crippen molar-refractivity contribution in [1.82, 2.24) is 9.88 Å². The van der Waals surface area contributed by atoms with Crippen molar-refractivity contribution in [3.05, 3.63) is 28.5 Å². The molecule has 0 spiro atoms. The number of piperidine rings is 1. The predicted octanol–water partition coefficient (Wildman–Crippen LogP) is 4.03. The van der Waals surface area contributed by atoms with Gasteiger partial charge in [-0.2, -0.15) is 0 Å². The molecule has 116 valence electrons. The van der Waals surface area contributed by atoms with Crippen LogP contribution in [-0.2, 0) is 11.2 Å². The van der Waals surface area contributed by atoms with Crippen molar-refractivity contribution in [2.45, 2.75) is 45.6 Å². The van der Waals surface area contributed by atoms with E-state index < -0.39 is 5.60 Å². The van der Waals surface area contributed by atoms with Gasteiger partial charge in [-0.3, -0.25) is 0 Å². The molecule has 1 aliphatic rings. The summed E-state index contributed by atoms with van der Waals surface area (Å²) in [5, 5.41) is 0. The minimum absolute atomic E-state index is 0.193. The highest BCUT2D eigenvalue weighted by atomic mass is 79.9. The van der Waals surface area contributed by atoms with Crippen LogP contribution in [0.4, 0.5) is 4.79 Å². The molecule has 0 saturated carbocycles. The highest BCUT2D eigenvalue weighted by Gasteiger charge is 2.26. The number of halogens is 1. The van der Waals surface area contributed by atoms with Gasteiger partial charge < -0.3 is 9.64 Å². The highest BCUT2D eigenvalue weighted by molar-refractivity contribution is 9.10. The molecule has 0 radical (unpaired) electrons. The van der Waals surface area contributed by atoms with Gasteiger partial charge in [-0.25, -0.2) is 9.78 Å². The Kier molecular flexibility index (Phi) is 5.25. The molecule has 2 heterocycles. The molecule has 0 N–H and O–H groups in total. The first kappa shape index (κ1) is 16.3. The molecule has 1 aromatic heterocycles. The fourth-order valence-corrected chi connectivity index (χ4v) is 2.89. The van der Waals surface area contributed by atoms with Gasteiger partial charge in [0.1, 0.15) is 10.2 Å². The quantitative estimate of drug-likeness (QED) is 0.752. The van der Waals surface area contributed by atoms with E-state index in [-0.39, 0.29) is 6.09 Å². The lowest BCUT2D eigenvalue weighted by Crippen LogP contribution is -2.42. The summed E-state index contributed by atoms with van der Waals surface area (Å²) in [6, 6.07) is 6.02. The molecule has 0 bridgehead atoms. The molecule has 1 saturated heterocycles. The third-order valence-corrected chi connectivity index (χ3v) is 3.98. The van der Waals surface area contributed by atoms with Gasteiger partial charge in [0.2, 0.25) is 0 Å². The van der Waals surface area contributed by atoms with E-state index in [9.17, 15) is 4.79 Å². The lowest BCUT2D eigenvalue weighted by molar-refractivity contribution is 0.0184. The van der Waals surface area contributed by atoms with Crippen LogP contribution in [0, 0.1) is 5.92 Å². The number of nitrogens with zero attached hydrogens (tertiary/aromatic N) is 2. The maximum absolute atomic E-state index is 12.0. The van der Waals surface area contributed by atoms with Gasteiger partial charge in [0.25, 0.3) is 0 Å². The van der Waals surface area contributed by atoms with E-state index >= 15 is 0 Å². The lowest BCUT2D eigenvalue weighted by Gasteiger charge is -2.33. The number of pyridine rings is 1. The first-order valence-corrected chi connectivity index (χ1v) is 8.22. The smallest absolute Gasteiger partial charge is 0.410 e. The molecule has 1 amide bonds. The molecule has 0 unspecified atom stereocenters. The summed E-state index contributed by atoms with van der Waals surface area (Å²) in [5.41, 5.74) is 0.689. The van der Waals surface area contributed by atoms with Crippen LogP contribution in [0.2, 0.25) is 0 Å². The second kappa shape index (κ2) is 6.77. The van der Waals surface area contributed by atoms with Gasteiger partial charge in [0.05, 0.1) is 0 Å². The zero-order chi connectivity index (χ0) is 15.5. The molecule has 0 aromatic carbocycles. The summed E-state index contributed by atoms with van der Waals surface area (Å²) >= 11 is 3.40. The minimum Gasteiger partial charge on any atom is -0.444 e. The number of aromatic nitrogens is 1. The molecule has 4 nitrogen and oxygen atoms in total. The van der Waals surface area contributed by atoms with E-state index in [1.807, 2.05) is 37.8 Å². The maximum atomic E-state index is 12.0.